The second-order valence-corrected chi connectivity index (χ2v) is 4.38. The molecule has 2 unspecified atom stereocenters. The molecule has 14 heavy (non-hydrogen) atoms. The molecule has 1 heterocycles. The van der Waals surface area contributed by atoms with Crippen LogP contribution >= 0.6 is 11.3 Å². The maximum absolute atomic E-state index is 10.3. The molecule has 2 atom stereocenters. The largest absolute Gasteiger partial charge is 0.481 e. The van der Waals surface area contributed by atoms with E-state index in [0.29, 0.717) is 4.88 Å². The van der Waals surface area contributed by atoms with Gasteiger partial charge in [-0.25, -0.2) is 0 Å². The van der Waals surface area contributed by atoms with Crippen LogP contribution in [-0.4, -0.2) is 27.4 Å². The van der Waals surface area contributed by atoms with Gasteiger partial charge in [0.25, 0.3) is 0 Å². The lowest BCUT2D eigenvalue weighted by Crippen LogP contribution is -2.20. The van der Waals surface area contributed by atoms with Crippen molar-refractivity contribution in [2.75, 3.05) is 0 Å². The van der Waals surface area contributed by atoms with Gasteiger partial charge in [0.2, 0.25) is 0 Å². The molecule has 4 nitrogen and oxygen atoms in total. The third-order valence-corrected chi connectivity index (χ3v) is 2.87. The second kappa shape index (κ2) is 4.54. The first-order valence-corrected chi connectivity index (χ1v) is 4.96. The Morgan fingerprint density at radius 3 is 2.57 bits per heavy atom. The van der Waals surface area contributed by atoms with E-state index < -0.39 is 24.6 Å². The standard InChI is InChI=1S/C9H12O4S/c1-5-2-3-7(14-5)9(13)6(10)4-8(11)12/h2-3,6,9-10,13H,4H2,1H3,(H,11,12). The number of carbonyl (C=O) groups is 1. The molecular formula is C9H12O4S. The van der Waals surface area contributed by atoms with E-state index in [-0.39, 0.29) is 0 Å². The molecule has 0 amide bonds. The topological polar surface area (TPSA) is 77.8 Å². The molecule has 0 aliphatic rings. The van der Waals surface area contributed by atoms with Crippen LogP contribution < -0.4 is 0 Å². The summed E-state index contributed by atoms with van der Waals surface area (Å²) in [6.45, 7) is 1.88. The van der Waals surface area contributed by atoms with Crippen molar-refractivity contribution in [3.8, 4) is 0 Å². The summed E-state index contributed by atoms with van der Waals surface area (Å²) in [5, 5.41) is 27.3. The van der Waals surface area contributed by atoms with Gasteiger partial charge in [0.1, 0.15) is 6.10 Å². The Labute approximate surface area is 85.4 Å². The van der Waals surface area contributed by atoms with Gasteiger partial charge in [-0.2, -0.15) is 0 Å². The van der Waals surface area contributed by atoms with Gasteiger partial charge in [0, 0.05) is 9.75 Å². The van der Waals surface area contributed by atoms with E-state index in [9.17, 15) is 15.0 Å². The zero-order valence-electron chi connectivity index (χ0n) is 7.67. The Kier molecular flexibility index (Phi) is 3.62. The summed E-state index contributed by atoms with van der Waals surface area (Å²) in [5.41, 5.74) is 0. The van der Waals surface area contributed by atoms with Crippen molar-refractivity contribution in [1.29, 1.82) is 0 Å². The quantitative estimate of drug-likeness (QED) is 0.699. The lowest BCUT2D eigenvalue weighted by Gasteiger charge is -2.13. The number of aliphatic carboxylic acids is 1. The predicted octanol–water partition coefficient (Wildman–Crippen LogP) is 0.926. The maximum atomic E-state index is 10.3. The smallest absolute Gasteiger partial charge is 0.306 e. The summed E-state index contributed by atoms with van der Waals surface area (Å²) in [6, 6.07) is 3.51. The summed E-state index contributed by atoms with van der Waals surface area (Å²) < 4.78 is 0. The molecule has 78 valence electrons. The summed E-state index contributed by atoms with van der Waals surface area (Å²) in [4.78, 5) is 11.9. The minimum absolute atomic E-state index is 0.446. The van der Waals surface area contributed by atoms with Gasteiger partial charge in [-0.3, -0.25) is 4.79 Å². The number of aliphatic hydroxyl groups is 2. The normalized spacial score (nSPS) is 15.1. The Morgan fingerprint density at radius 1 is 1.50 bits per heavy atom. The van der Waals surface area contributed by atoms with Crippen LogP contribution in [0, 0.1) is 6.92 Å². The average molecular weight is 216 g/mol. The van der Waals surface area contributed by atoms with Crippen LogP contribution in [0.15, 0.2) is 12.1 Å². The van der Waals surface area contributed by atoms with Crippen molar-refractivity contribution in [1.82, 2.24) is 0 Å². The molecule has 0 aliphatic carbocycles. The highest BCUT2D eigenvalue weighted by atomic mass is 32.1. The van der Waals surface area contributed by atoms with E-state index in [0.717, 1.165) is 4.88 Å². The third-order valence-electron chi connectivity index (χ3n) is 1.80. The minimum atomic E-state index is -1.24. The van der Waals surface area contributed by atoms with Gasteiger partial charge in [-0.05, 0) is 19.1 Å². The van der Waals surface area contributed by atoms with E-state index in [1.165, 1.54) is 11.3 Å². The minimum Gasteiger partial charge on any atom is -0.481 e. The molecular weight excluding hydrogens is 204 g/mol. The number of thiophene rings is 1. The molecule has 1 aromatic heterocycles. The first-order chi connectivity index (χ1) is 6.50. The maximum Gasteiger partial charge on any atom is 0.306 e. The molecule has 0 saturated carbocycles. The van der Waals surface area contributed by atoms with Crippen molar-refractivity contribution >= 4 is 17.3 Å². The van der Waals surface area contributed by atoms with E-state index in [4.69, 9.17) is 5.11 Å². The highest BCUT2D eigenvalue weighted by Gasteiger charge is 2.22. The number of aliphatic hydroxyl groups excluding tert-OH is 2. The van der Waals surface area contributed by atoms with Crippen LogP contribution in [-0.2, 0) is 4.79 Å². The van der Waals surface area contributed by atoms with Crippen LogP contribution in [0.4, 0.5) is 0 Å². The lowest BCUT2D eigenvalue weighted by atomic mass is 10.1. The summed E-state index contributed by atoms with van der Waals surface area (Å²) in [5.74, 6) is -1.12. The molecule has 3 N–H and O–H groups in total. The zero-order chi connectivity index (χ0) is 10.7. The SMILES string of the molecule is Cc1ccc(C(O)C(O)CC(=O)O)s1. The number of aryl methyl sites for hydroxylation is 1. The van der Waals surface area contributed by atoms with E-state index in [1.807, 2.05) is 13.0 Å². The summed E-state index contributed by atoms with van der Waals surface area (Å²) in [6.07, 6.45) is -2.80. The molecule has 0 aliphatic heterocycles. The van der Waals surface area contributed by atoms with E-state index in [2.05, 4.69) is 0 Å². The first-order valence-electron chi connectivity index (χ1n) is 4.15. The van der Waals surface area contributed by atoms with Gasteiger partial charge in [0.15, 0.2) is 0 Å². The van der Waals surface area contributed by atoms with Crippen LogP contribution in [0.5, 0.6) is 0 Å². The highest BCUT2D eigenvalue weighted by molar-refractivity contribution is 7.12. The second-order valence-electron chi connectivity index (χ2n) is 3.06. The van der Waals surface area contributed by atoms with Crippen LogP contribution in [0.2, 0.25) is 0 Å². The lowest BCUT2D eigenvalue weighted by molar-refractivity contribution is -0.141. The first kappa shape index (κ1) is 11.2. The molecule has 0 bridgehead atoms. The van der Waals surface area contributed by atoms with Crippen molar-refractivity contribution in [3.05, 3.63) is 21.9 Å². The van der Waals surface area contributed by atoms with Gasteiger partial charge in [-0.15, -0.1) is 11.3 Å². The molecule has 0 radical (unpaired) electrons. The van der Waals surface area contributed by atoms with E-state index >= 15 is 0 Å². The number of rotatable bonds is 4. The van der Waals surface area contributed by atoms with Crippen LogP contribution in [0.1, 0.15) is 22.3 Å². The summed E-state index contributed by atoms with van der Waals surface area (Å²) >= 11 is 1.35. The Hall–Kier alpha value is -0.910. The highest BCUT2D eigenvalue weighted by Crippen LogP contribution is 2.26. The molecule has 1 aromatic rings. The fourth-order valence-electron chi connectivity index (χ4n) is 1.09. The fourth-order valence-corrected chi connectivity index (χ4v) is 2.01. The molecule has 0 fully saturated rings. The number of hydrogen-bond acceptors (Lipinski definition) is 4. The molecule has 0 spiro atoms. The van der Waals surface area contributed by atoms with Gasteiger partial charge in [-0.1, -0.05) is 0 Å². The monoisotopic (exact) mass is 216 g/mol. The van der Waals surface area contributed by atoms with Crippen molar-refractivity contribution in [3.63, 3.8) is 0 Å². The fraction of sp³-hybridized carbons (Fsp3) is 0.444. The number of hydrogen-bond donors (Lipinski definition) is 3. The Bertz CT molecular complexity index is 320. The zero-order valence-corrected chi connectivity index (χ0v) is 8.49. The Balaban J connectivity index is 2.65. The van der Waals surface area contributed by atoms with Crippen LogP contribution in [0.3, 0.4) is 0 Å². The molecule has 1 rings (SSSR count). The Morgan fingerprint density at radius 2 is 2.14 bits per heavy atom. The predicted molar refractivity (Wildman–Crippen MR) is 52.3 cm³/mol. The number of carboxylic acid groups (broad SMARTS) is 1. The third kappa shape index (κ3) is 2.80. The molecule has 5 heteroatoms. The van der Waals surface area contributed by atoms with E-state index in [1.54, 1.807) is 6.07 Å². The molecule has 0 saturated heterocycles. The van der Waals surface area contributed by atoms with Gasteiger partial charge < -0.3 is 15.3 Å². The van der Waals surface area contributed by atoms with Crippen molar-refractivity contribution < 1.29 is 20.1 Å². The van der Waals surface area contributed by atoms with Crippen LogP contribution in [0.25, 0.3) is 0 Å². The van der Waals surface area contributed by atoms with Gasteiger partial charge >= 0.3 is 5.97 Å². The van der Waals surface area contributed by atoms with Gasteiger partial charge in [0.05, 0.1) is 12.5 Å². The number of carboxylic acids is 1. The van der Waals surface area contributed by atoms with Crippen molar-refractivity contribution in [2.45, 2.75) is 25.6 Å². The molecule has 0 aromatic carbocycles. The van der Waals surface area contributed by atoms with Crippen molar-refractivity contribution in [2.24, 2.45) is 0 Å². The summed E-state index contributed by atoms with van der Waals surface area (Å²) in [7, 11) is 0. The average Bonchev–Trinajstić information content (AvgIpc) is 2.49.